The smallest absolute Gasteiger partial charge is 0.269 e. The number of nitrogens with zero attached hydrogens (tertiary/aromatic N) is 3. The molecule has 6 heteroatoms. The second kappa shape index (κ2) is 7.49. The number of likely N-dealkylation sites (tertiary alicyclic amines) is 1. The Labute approximate surface area is 125 Å². The molecule has 0 spiro atoms. The molecule has 0 unspecified atom stereocenters. The maximum absolute atomic E-state index is 10.8. The molecule has 1 aromatic carbocycles. The molecule has 1 fully saturated rings. The lowest BCUT2D eigenvalue weighted by Crippen LogP contribution is -2.44. The Kier molecular flexibility index (Phi) is 5.67. The summed E-state index contributed by atoms with van der Waals surface area (Å²) in [7, 11) is 2.12. The lowest BCUT2D eigenvalue weighted by atomic mass is 10.0. The third-order valence-corrected chi connectivity index (χ3v) is 4.10. The van der Waals surface area contributed by atoms with Gasteiger partial charge in [-0.1, -0.05) is 12.1 Å². The van der Waals surface area contributed by atoms with E-state index in [2.05, 4.69) is 16.8 Å². The summed E-state index contributed by atoms with van der Waals surface area (Å²) in [6, 6.07) is 7.20. The highest BCUT2D eigenvalue weighted by atomic mass is 16.6. The molecule has 1 aromatic rings. The first-order valence-electron chi connectivity index (χ1n) is 7.37. The van der Waals surface area contributed by atoms with Gasteiger partial charge in [-0.3, -0.25) is 15.0 Å². The van der Waals surface area contributed by atoms with E-state index in [4.69, 9.17) is 0 Å². The summed E-state index contributed by atoms with van der Waals surface area (Å²) in [4.78, 5) is 15.0. The van der Waals surface area contributed by atoms with Gasteiger partial charge in [-0.2, -0.15) is 0 Å². The van der Waals surface area contributed by atoms with E-state index in [-0.39, 0.29) is 17.2 Å². The number of benzene rings is 1. The Hall–Kier alpha value is -1.50. The van der Waals surface area contributed by atoms with E-state index in [1.165, 1.54) is 6.07 Å². The van der Waals surface area contributed by atoms with Gasteiger partial charge in [0.15, 0.2) is 0 Å². The summed E-state index contributed by atoms with van der Waals surface area (Å²) in [6.45, 7) is 3.48. The summed E-state index contributed by atoms with van der Waals surface area (Å²) in [6.07, 6.45) is 2.15. The third kappa shape index (κ3) is 4.49. The van der Waals surface area contributed by atoms with Gasteiger partial charge in [0.2, 0.25) is 0 Å². The van der Waals surface area contributed by atoms with E-state index in [1.54, 1.807) is 12.1 Å². The highest BCUT2D eigenvalue weighted by Crippen LogP contribution is 2.20. The first kappa shape index (κ1) is 15.9. The minimum atomic E-state index is -0.366. The van der Waals surface area contributed by atoms with Crippen LogP contribution < -0.4 is 0 Å². The summed E-state index contributed by atoms with van der Waals surface area (Å²) < 4.78 is 0. The molecule has 0 radical (unpaired) electrons. The van der Waals surface area contributed by atoms with Crippen molar-refractivity contribution in [1.29, 1.82) is 0 Å². The molecular weight excluding hydrogens is 270 g/mol. The van der Waals surface area contributed by atoms with E-state index < -0.39 is 0 Å². The number of rotatable bonds is 6. The monoisotopic (exact) mass is 293 g/mol. The van der Waals surface area contributed by atoms with Crippen LogP contribution in [0.3, 0.4) is 0 Å². The fraction of sp³-hybridized carbons (Fsp3) is 0.600. The molecule has 0 amide bonds. The lowest BCUT2D eigenvalue weighted by molar-refractivity contribution is -0.384. The fourth-order valence-corrected chi connectivity index (χ4v) is 2.88. The molecule has 0 bridgehead atoms. The average molecular weight is 293 g/mol. The predicted octanol–water partition coefficient (Wildman–Crippen LogP) is 1.48. The van der Waals surface area contributed by atoms with Gasteiger partial charge in [-0.05, 0) is 38.5 Å². The summed E-state index contributed by atoms with van der Waals surface area (Å²) in [5, 5.41) is 20.1. The van der Waals surface area contributed by atoms with Crippen LogP contribution in [0.5, 0.6) is 0 Å². The van der Waals surface area contributed by atoms with E-state index in [0.717, 1.165) is 31.5 Å². The van der Waals surface area contributed by atoms with Crippen molar-refractivity contribution in [2.24, 2.45) is 0 Å². The van der Waals surface area contributed by atoms with Crippen molar-refractivity contribution in [3.63, 3.8) is 0 Å². The molecule has 2 rings (SSSR count). The van der Waals surface area contributed by atoms with Crippen molar-refractivity contribution >= 4 is 5.69 Å². The maximum Gasteiger partial charge on any atom is 0.269 e. The summed E-state index contributed by atoms with van der Waals surface area (Å²) in [5.41, 5.74) is 1.05. The number of aliphatic hydroxyl groups excluding tert-OH is 1. The van der Waals surface area contributed by atoms with Crippen molar-refractivity contribution in [3.05, 3.63) is 39.9 Å². The Balaban J connectivity index is 2.05. The Morgan fingerprint density at radius 2 is 2.14 bits per heavy atom. The van der Waals surface area contributed by atoms with Crippen LogP contribution in [-0.2, 0) is 6.54 Å². The second-order valence-electron chi connectivity index (χ2n) is 5.66. The summed E-state index contributed by atoms with van der Waals surface area (Å²) >= 11 is 0. The van der Waals surface area contributed by atoms with E-state index in [1.807, 2.05) is 6.07 Å². The highest BCUT2D eigenvalue weighted by molar-refractivity contribution is 5.34. The standard InChI is InChI=1S/C15H23N3O3/c1-16-7-5-14(6-8-16)17(9-10-19)12-13-3-2-4-15(11-13)18(20)21/h2-4,11,14,19H,5-10,12H2,1H3. The molecule has 1 aliphatic rings. The van der Waals surface area contributed by atoms with Gasteiger partial charge in [0.25, 0.3) is 5.69 Å². The number of nitro groups is 1. The minimum absolute atomic E-state index is 0.112. The molecule has 0 atom stereocenters. The molecule has 1 N–H and O–H groups in total. The van der Waals surface area contributed by atoms with Crippen LogP contribution >= 0.6 is 0 Å². The van der Waals surface area contributed by atoms with Gasteiger partial charge in [-0.15, -0.1) is 0 Å². The molecule has 21 heavy (non-hydrogen) atoms. The molecular formula is C15H23N3O3. The molecule has 1 aliphatic heterocycles. The normalized spacial score (nSPS) is 17.3. The lowest BCUT2D eigenvalue weighted by Gasteiger charge is -2.37. The van der Waals surface area contributed by atoms with Crippen LogP contribution in [0.25, 0.3) is 0 Å². The van der Waals surface area contributed by atoms with Crippen LogP contribution in [0.15, 0.2) is 24.3 Å². The number of non-ortho nitro benzene ring substituents is 1. The minimum Gasteiger partial charge on any atom is -0.395 e. The molecule has 1 saturated heterocycles. The number of hydrogen-bond acceptors (Lipinski definition) is 5. The molecule has 116 valence electrons. The van der Waals surface area contributed by atoms with Crippen LogP contribution in [0.4, 0.5) is 5.69 Å². The average Bonchev–Trinajstić information content (AvgIpc) is 2.48. The Bertz CT molecular complexity index is 473. The molecule has 0 saturated carbocycles. The zero-order valence-corrected chi connectivity index (χ0v) is 12.4. The zero-order valence-electron chi connectivity index (χ0n) is 12.4. The SMILES string of the molecule is CN1CCC(N(CCO)Cc2cccc([N+](=O)[O-])c2)CC1. The maximum atomic E-state index is 10.8. The van der Waals surface area contributed by atoms with Crippen molar-refractivity contribution < 1.29 is 10.0 Å². The van der Waals surface area contributed by atoms with E-state index >= 15 is 0 Å². The van der Waals surface area contributed by atoms with Gasteiger partial charge in [0, 0.05) is 31.3 Å². The Morgan fingerprint density at radius 3 is 2.76 bits per heavy atom. The van der Waals surface area contributed by atoms with Crippen LogP contribution in [0.2, 0.25) is 0 Å². The molecule has 0 aromatic heterocycles. The van der Waals surface area contributed by atoms with Gasteiger partial charge >= 0.3 is 0 Å². The molecule has 0 aliphatic carbocycles. The number of piperidine rings is 1. The fourth-order valence-electron chi connectivity index (χ4n) is 2.88. The largest absolute Gasteiger partial charge is 0.395 e. The molecule has 1 heterocycles. The third-order valence-electron chi connectivity index (χ3n) is 4.10. The first-order chi connectivity index (χ1) is 10.1. The Morgan fingerprint density at radius 1 is 1.43 bits per heavy atom. The van der Waals surface area contributed by atoms with Gasteiger partial charge in [-0.25, -0.2) is 0 Å². The van der Waals surface area contributed by atoms with Crippen LogP contribution in [0, 0.1) is 10.1 Å². The van der Waals surface area contributed by atoms with Gasteiger partial charge in [0.05, 0.1) is 11.5 Å². The number of hydrogen-bond donors (Lipinski definition) is 1. The van der Waals surface area contributed by atoms with E-state index in [0.29, 0.717) is 19.1 Å². The van der Waals surface area contributed by atoms with E-state index in [9.17, 15) is 15.2 Å². The van der Waals surface area contributed by atoms with Crippen molar-refractivity contribution in [2.45, 2.75) is 25.4 Å². The van der Waals surface area contributed by atoms with Crippen LogP contribution in [0.1, 0.15) is 18.4 Å². The first-order valence-corrected chi connectivity index (χ1v) is 7.37. The van der Waals surface area contributed by atoms with Crippen molar-refractivity contribution in [2.75, 3.05) is 33.3 Å². The van der Waals surface area contributed by atoms with Crippen molar-refractivity contribution in [1.82, 2.24) is 9.80 Å². The highest BCUT2D eigenvalue weighted by Gasteiger charge is 2.23. The van der Waals surface area contributed by atoms with Crippen LogP contribution in [-0.4, -0.2) is 59.2 Å². The number of aliphatic hydroxyl groups is 1. The van der Waals surface area contributed by atoms with Gasteiger partial charge in [0.1, 0.15) is 0 Å². The molecule has 6 nitrogen and oxygen atoms in total. The predicted molar refractivity (Wildman–Crippen MR) is 81.1 cm³/mol. The van der Waals surface area contributed by atoms with Gasteiger partial charge < -0.3 is 10.0 Å². The topological polar surface area (TPSA) is 69.8 Å². The second-order valence-corrected chi connectivity index (χ2v) is 5.66. The van der Waals surface area contributed by atoms with Crippen molar-refractivity contribution in [3.8, 4) is 0 Å². The quantitative estimate of drug-likeness (QED) is 0.635. The zero-order chi connectivity index (χ0) is 15.2. The number of nitro benzene ring substituents is 1. The summed E-state index contributed by atoms with van der Waals surface area (Å²) in [5.74, 6) is 0.